The molecule has 1 amide bonds. The predicted molar refractivity (Wildman–Crippen MR) is 134 cm³/mol. The number of hydrogen-bond acceptors (Lipinski definition) is 10. The van der Waals surface area contributed by atoms with E-state index in [2.05, 4.69) is 30.4 Å². The lowest BCUT2D eigenvalue weighted by atomic mass is 10.0. The number of piperidine rings is 1. The molecule has 5 rings (SSSR count). The summed E-state index contributed by atoms with van der Waals surface area (Å²) in [5.74, 6) is -0.0565. The van der Waals surface area contributed by atoms with E-state index < -0.39 is 23.8 Å². The molecule has 1 fully saturated rings. The van der Waals surface area contributed by atoms with E-state index >= 15 is 0 Å². The van der Waals surface area contributed by atoms with Crippen LogP contribution in [0.3, 0.4) is 0 Å². The Labute approximate surface area is 219 Å². The van der Waals surface area contributed by atoms with Gasteiger partial charge in [-0.1, -0.05) is 11.3 Å². The molecule has 3 N–H and O–H groups in total. The van der Waals surface area contributed by atoms with Crippen LogP contribution in [-0.2, 0) is 6.18 Å². The number of halogens is 3. The summed E-state index contributed by atoms with van der Waals surface area (Å²) in [6.07, 6.45) is -3.21. The van der Waals surface area contributed by atoms with Gasteiger partial charge >= 0.3 is 6.18 Å². The van der Waals surface area contributed by atoms with Gasteiger partial charge in [0.2, 0.25) is 11.0 Å². The van der Waals surface area contributed by atoms with E-state index in [1.807, 2.05) is 0 Å². The number of pyridine rings is 1. The highest BCUT2D eigenvalue weighted by Gasteiger charge is 2.33. The second-order valence-corrected chi connectivity index (χ2v) is 9.69. The van der Waals surface area contributed by atoms with Crippen LogP contribution in [0.15, 0.2) is 34.2 Å². The maximum Gasteiger partial charge on any atom is 0.433 e. The molecule has 1 aromatic carbocycles. The third-order valence-electron chi connectivity index (χ3n) is 6.29. The number of nitrogens with zero attached hydrogens (tertiary/aromatic N) is 5. The first kappa shape index (κ1) is 25.9. The van der Waals surface area contributed by atoms with Crippen molar-refractivity contribution in [2.24, 2.45) is 5.73 Å². The number of oxazole rings is 1. The molecule has 4 aromatic rings. The van der Waals surface area contributed by atoms with Gasteiger partial charge in [-0.15, -0.1) is 10.2 Å². The molecule has 1 aliphatic heterocycles. The Hall–Kier alpha value is -3.78. The number of carbonyl (C=O) groups is 1. The number of fused-ring (bicyclic) bond motifs is 1. The van der Waals surface area contributed by atoms with Crippen LogP contribution in [0, 0.1) is 0 Å². The number of amides is 1. The first-order valence-electron chi connectivity index (χ1n) is 11.8. The number of rotatable bonds is 6. The summed E-state index contributed by atoms with van der Waals surface area (Å²) in [6, 6.07) is 4.49. The van der Waals surface area contributed by atoms with Crippen molar-refractivity contribution in [2.45, 2.75) is 38.0 Å². The van der Waals surface area contributed by atoms with E-state index in [1.165, 1.54) is 30.6 Å². The topological polar surface area (TPSA) is 132 Å². The van der Waals surface area contributed by atoms with Crippen molar-refractivity contribution < 1.29 is 27.1 Å². The van der Waals surface area contributed by atoms with Crippen molar-refractivity contribution in [1.82, 2.24) is 25.5 Å². The molecule has 0 aliphatic carbocycles. The number of anilines is 1. The highest BCUT2D eigenvalue weighted by Crippen LogP contribution is 2.37. The van der Waals surface area contributed by atoms with Crippen LogP contribution < -0.4 is 20.7 Å². The van der Waals surface area contributed by atoms with Gasteiger partial charge in [-0.05, 0) is 44.0 Å². The lowest BCUT2D eigenvalue weighted by Crippen LogP contribution is -2.45. The smallest absolute Gasteiger partial charge is 0.433 e. The van der Waals surface area contributed by atoms with Gasteiger partial charge in [0.05, 0.1) is 13.2 Å². The molecule has 3 aromatic heterocycles. The SMILES string of the molecule is COc1ccc(-c2nc(C(=O)NC3CCN(c4nncs4)CC3)c([C@H](C)N)o2)c2ccc(C(F)(F)F)nc12. The van der Waals surface area contributed by atoms with Crippen LogP contribution in [0.1, 0.15) is 47.7 Å². The summed E-state index contributed by atoms with van der Waals surface area (Å²) in [5.41, 5.74) is 7.09. The van der Waals surface area contributed by atoms with Gasteiger partial charge in [-0.25, -0.2) is 9.97 Å². The zero-order chi connectivity index (χ0) is 27.0. The van der Waals surface area contributed by atoms with Gasteiger partial charge in [0.15, 0.2) is 11.5 Å². The highest BCUT2D eigenvalue weighted by atomic mass is 32.1. The van der Waals surface area contributed by atoms with E-state index in [0.29, 0.717) is 23.8 Å². The van der Waals surface area contributed by atoms with E-state index in [-0.39, 0.29) is 34.7 Å². The fraction of sp³-hybridized carbons (Fsp3) is 0.375. The molecule has 10 nitrogen and oxygen atoms in total. The first-order valence-corrected chi connectivity index (χ1v) is 12.7. The summed E-state index contributed by atoms with van der Waals surface area (Å²) in [6.45, 7) is 3.09. The van der Waals surface area contributed by atoms with Gasteiger partial charge in [-0.2, -0.15) is 13.2 Å². The fourth-order valence-electron chi connectivity index (χ4n) is 4.39. The standard InChI is InChI=1S/C24H24F3N7O3S/c1-12(28)20-19(21(35)30-13-7-9-34(10-8-13)23-33-29-11-38-23)32-22(37-20)15-3-5-16(36-2)18-14(15)4-6-17(31-18)24(25,26)27/h3-6,11-13H,7-10,28H2,1-2H3,(H,30,35)/t12-/m0/s1. The molecule has 38 heavy (non-hydrogen) atoms. The molecule has 1 aliphatic rings. The monoisotopic (exact) mass is 547 g/mol. The third kappa shape index (κ3) is 5.00. The van der Waals surface area contributed by atoms with E-state index in [9.17, 15) is 18.0 Å². The number of benzene rings is 1. The average molecular weight is 548 g/mol. The van der Waals surface area contributed by atoms with Crippen LogP contribution in [0.4, 0.5) is 18.3 Å². The number of hydrogen-bond donors (Lipinski definition) is 2. The molecule has 0 spiro atoms. The van der Waals surface area contributed by atoms with Crippen LogP contribution in [0.25, 0.3) is 22.4 Å². The predicted octanol–water partition coefficient (Wildman–Crippen LogP) is 4.19. The number of ether oxygens (including phenoxy) is 1. The minimum absolute atomic E-state index is 0.00596. The fourth-order valence-corrected chi connectivity index (χ4v) is 5.01. The van der Waals surface area contributed by atoms with Crippen molar-refractivity contribution in [2.75, 3.05) is 25.1 Å². The maximum absolute atomic E-state index is 13.3. The number of nitrogens with one attached hydrogen (secondary N) is 1. The van der Waals surface area contributed by atoms with Crippen LogP contribution in [-0.4, -0.2) is 52.3 Å². The average Bonchev–Trinajstić information content (AvgIpc) is 3.58. The summed E-state index contributed by atoms with van der Waals surface area (Å²) in [7, 11) is 1.34. The van der Waals surface area contributed by atoms with Gasteiger partial charge in [0, 0.05) is 30.1 Å². The van der Waals surface area contributed by atoms with Crippen molar-refractivity contribution in [3.8, 4) is 17.2 Å². The molecule has 0 saturated carbocycles. The van der Waals surface area contributed by atoms with E-state index in [0.717, 1.165) is 24.3 Å². The molecular weight excluding hydrogens is 523 g/mol. The van der Waals surface area contributed by atoms with Gasteiger partial charge in [-0.3, -0.25) is 4.79 Å². The van der Waals surface area contributed by atoms with Crippen molar-refractivity contribution >= 4 is 33.3 Å². The Kier molecular flexibility index (Phi) is 6.92. The quantitative estimate of drug-likeness (QED) is 0.365. The Morgan fingerprint density at radius 3 is 2.63 bits per heavy atom. The lowest BCUT2D eigenvalue weighted by molar-refractivity contribution is -0.140. The molecule has 0 unspecified atom stereocenters. The number of carbonyl (C=O) groups excluding carboxylic acids is 1. The van der Waals surface area contributed by atoms with Crippen molar-refractivity contribution in [3.05, 3.63) is 46.9 Å². The zero-order valence-electron chi connectivity index (χ0n) is 20.5. The number of aromatic nitrogens is 4. The molecule has 200 valence electrons. The molecule has 1 atom stereocenters. The van der Waals surface area contributed by atoms with Crippen molar-refractivity contribution in [3.63, 3.8) is 0 Å². The lowest BCUT2D eigenvalue weighted by Gasteiger charge is -2.31. The van der Waals surface area contributed by atoms with E-state index in [4.69, 9.17) is 14.9 Å². The largest absolute Gasteiger partial charge is 0.494 e. The van der Waals surface area contributed by atoms with Gasteiger partial charge in [0.1, 0.15) is 22.5 Å². The first-order chi connectivity index (χ1) is 18.2. The molecule has 4 heterocycles. The number of alkyl halides is 3. The van der Waals surface area contributed by atoms with Crippen molar-refractivity contribution in [1.29, 1.82) is 0 Å². The molecular formula is C24H24F3N7O3S. The number of methoxy groups -OCH3 is 1. The summed E-state index contributed by atoms with van der Waals surface area (Å²) in [5, 5.41) is 12.1. The normalized spacial score (nSPS) is 15.6. The van der Waals surface area contributed by atoms with E-state index in [1.54, 1.807) is 18.5 Å². The summed E-state index contributed by atoms with van der Waals surface area (Å²) < 4.78 is 51.0. The molecule has 14 heteroatoms. The van der Waals surface area contributed by atoms with Crippen LogP contribution in [0.2, 0.25) is 0 Å². The Morgan fingerprint density at radius 1 is 1.24 bits per heavy atom. The van der Waals surface area contributed by atoms with Gasteiger partial charge < -0.3 is 25.1 Å². The minimum atomic E-state index is -4.63. The maximum atomic E-state index is 13.3. The second-order valence-electron chi connectivity index (χ2n) is 8.88. The molecule has 0 bridgehead atoms. The highest BCUT2D eigenvalue weighted by molar-refractivity contribution is 7.13. The minimum Gasteiger partial charge on any atom is -0.494 e. The Bertz CT molecular complexity index is 1450. The zero-order valence-corrected chi connectivity index (χ0v) is 21.3. The van der Waals surface area contributed by atoms with Crippen LogP contribution in [0.5, 0.6) is 5.75 Å². The Balaban J connectivity index is 1.43. The Morgan fingerprint density at radius 2 is 2.00 bits per heavy atom. The van der Waals surface area contributed by atoms with Gasteiger partial charge in [0.25, 0.3) is 5.91 Å². The molecule has 1 saturated heterocycles. The summed E-state index contributed by atoms with van der Waals surface area (Å²) >= 11 is 1.46. The van der Waals surface area contributed by atoms with Crippen LogP contribution >= 0.6 is 11.3 Å². The molecule has 0 radical (unpaired) electrons. The number of nitrogens with two attached hydrogens (primary N) is 1. The second kappa shape index (κ2) is 10.2. The summed E-state index contributed by atoms with van der Waals surface area (Å²) in [4.78, 5) is 23.5. The third-order valence-corrected chi connectivity index (χ3v) is 7.04.